The molecule has 160 valence electrons. The van der Waals surface area contributed by atoms with E-state index in [2.05, 4.69) is 10.6 Å². The third-order valence-corrected chi connectivity index (χ3v) is 5.71. The molecule has 0 fully saturated rings. The molecule has 0 aliphatic carbocycles. The molecular weight excluding hydrogens is 420 g/mol. The molecule has 4 rings (SSSR count). The van der Waals surface area contributed by atoms with Crippen molar-refractivity contribution in [2.45, 2.75) is 19.9 Å². The van der Waals surface area contributed by atoms with Crippen molar-refractivity contribution in [1.82, 2.24) is 10.6 Å². The predicted octanol–water partition coefficient (Wildman–Crippen LogP) is 3.83. The lowest BCUT2D eigenvalue weighted by molar-refractivity contribution is -0.139. The largest absolute Gasteiger partial charge is 0.464 e. The van der Waals surface area contributed by atoms with Gasteiger partial charge >= 0.3 is 18.0 Å². The Labute approximate surface area is 181 Å². The Morgan fingerprint density at radius 1 is 1.13 bits per heavy atom. The quantitative estimate of drug-likeness (QED) is 0.564. The number of rotatable bonds is 6. The van der Waals surface area contributed by atoms with Gasteiger partial charge in [-0.15, -0.1) is 11.3 Å². The molecular formula is C22H20N2O6S. The van der Waals surface area contributed by atoms with Crippen LogP contribution in [-0.4, -0.2) is 31.2 Å². The molecule has 0 radical (unpaired) electrons. The SMILES string of the molecule is CCOC(=O)C1=C(COC(=O)c2csc3ccccc23)NC(=O)NC1c1ccc(C)o1. The minimum Gasteiger partial charge on any atom is -0.464 e. The molecule has 0 spiro atoms. The molecule has 3 heterocycles. The van der Waals surface area contributed by atoms with Crippen molar-refractivity contribution in [2.24, 2.45) is 0 Å². The lowest BCUT2D eigenvalue weighted by Gasteiger charge is -2.27. The maximum atomic E-state index is 12.7. The molecule has 1 atom stereocenters. The minimum absolute atomic E-state index is 0.124. The molecule has 1 aliphatic rings. The number of carbonyl (C=O) groups is 3. The van der Waals surface area contributed by atoms with Crippen LogP contribution in [0.1, 0.15) is 34.8 Å². The molecule has 1 unspecified atom stereocenters. The van der Waals surface area contributed by atoms with Gasteiger partial charge in [0.25, 0.3) is 0 Å². The molecule has 1 aliphatic heterocycles. The van der Waals surface area contributed by atoms with Crippen LogP contribution < -0.4 is 10.6 Å². The number of hydrogen-bond acceptors (Lipinski definition) is 7. The second-order valence-electron chi connectivity index (χ2n) is 6.81. The highest BCUT2D eigenvalue weighted by Crippen LogP contribution is 2.30. The van der Waals surface area contributed by atoms with Gasteiger partial charge in [-0.1, -0.05) is 18.2 Å². The van der Waals surface area contributed by atoms with E-state index in [-0.39, 0.29) is 24.5 Å². The maximum Gasteiger partial charge on any atom is 0.340 e. The van der Waals surface area contributed by atoms with Gasteiger partial charge in [-0.25, -0.2) is 14.4 Å². The second kappa shape index (κ2) is 8.65. The monoisotopic (exact) mass is 440 g/mol. The van der Waals surface area contributed by atoms with Crippen LogP contribution in [-0.2, 0) is 14.3 Å². The first-order chi connectivity index (χ1) is 15.0. The average molecular weight is 440 g/mol. The van der Waals surface area contributed by atoms with Crippen LogP contribution >= 0.6 is 11.3 Å². The Hall–Kier alpha value is -3.59. The van der Waals surface area contributed by atoms with Crippen LogP contribution in [0.3, 0.4) is 0 Å². The standard InChI is InChI=1S/C22H20N2O6S/c1-3-28-21(26)18-15(23-22(27)24-19(18)16-9-8-12(2)30-16)10-29-20(25)14-11-31-17-7-5-4-6-13(14)17/h4-9,11,19H,3,10H2,1-2H3,(H2,23,24,27). The topological polar surface area (TPSA) is 107 Å². The van der Waals surface area contributed by atoms with Crippen LogP contribution in [0.25, 0.3) is 10.1 Å². The number of aryl methyl sites for hydroxylation is 1. The average Bonchev–Trinajstić information content (AvgIpc) is 3.38. The molecule has 0 bridgehead atoms. The number of urea groups is 1. The Kier molecular flexibility index (Phi) is 5.77. The Morgan fingerprint density at radius 2 is 1.94 bits per heavy atom. The molecule has 1 aromatic carbocycles. The number of ether oxygens (including phenoxy) is 2. The zero-order chi connectivity index (χ0) is 22.0. The summed E-state index contributed by atoms with van der Waals surface area (Å²) < 4.78 is 17.2. The summed E-state index contributed by atoms with van der Waals surface area (Å²) in [5, 5.41) is 7.74. The van der Waals surface area contributed by atoms with E-state index >= 15 is 0 Å². The number of thiophene rings is 1. The van der Waals surface area contributed by atoms with E-state index in [1.54, 1.807) is 31.4 Å². The van der Waals surface area contributed by atoms with Gasteiger partial charge in [-0.2, -0.15) is 0 Å². The summed E-state index contributed by atoms with van der Waals surface area (Å²) in [4.78, 5) is 37.7. The van der Waals surface area contributed by atoms with Crippen molar-refractivity contribution >= 4 is 39.4 Å². The molecule has 2 amide bonds. The van der Waals surface area contributed by atoms with E-state index in [1.807, 2.05) is 24.3 Å². The minimum atomic E-state index is -0.864. The molecule has 31 heavy (non-hydrogen) atoms. The Bertz CT molecular complexity index is 1190. The van der Waals surface area contributed by atoms with Gasteiger partial charge in [0.2, 0.25) is 0 Å². The molecule has 2 aromatic heterocycles. The molecule has 3 aromatic rings. The number of esters is 2. The highest BCUT2D eigenvalue weighted by molar-refractivity contribution is 7.17. The number of amides is 2. The fourth-order valence-corrected chi connectivity index (χ4v) is 4.29. The fraction of sp³-hybridized carbons (Fsp3) is 0.227. The summed E-state index contributed by atoms with van der Waals surface area (Å²) in [5.74, 6) is -0.182. The van der Waals surface area contributed by atoms with Crippen molar-refractivity contribution in [1.29, 1.82) is 0 Å². The van der Waals surface area contributed by atoms with Crippen molar-refractivity contribution in [3.63, 3.8) is 0 Å². The number of furan rings is 1. The van der Waals surface area contributed by atoms with Crippen LogP contribution in [0.4, 0.5) is 4.79 Å². The molecule has 8 nitrogen and oxygen atoms in total. The first-order valence-corrected chi connectivity index (χ1v) is 10.5. The van der Waals surface area contributed by atoms with E-state index in [9.17, 15) is 14.4 Å². The van der Waals surface area contributed by atoms with Crippen molar-refractivity contribution in [2.75, 3.05) is 13.2 Å². The summed E-state index contributed by atoms with van der Waals surface area (Å²) in [5.41, 5.74) is 0.699. The third-order valence-electron chi connectivity index (χ3n) is 4.74. The van der Waals surface area contributed by atoms with Gasteiger partial charge in [0.05, 0.1) is 23.4 Å². The molecule has 0 saturated carbocycles. The van der Waals surface area contributed by atoms with Crippen molar-refractivity contribution in [3.8, 4) is 0 Å². The summed E-state index contributed by atoms with van der Waals surface area (Å²) >= 11 is 1.44. The Morgan fingerprint density at radius 3 is 2.68 bits per heavy atom. The first-order valence-electron chi connectivity index (χ1n) is 9.65. The van der Waals surface area contributed by atoms with E-state index < -0.39 is 24.0 Å². The summed E-state index contributed by atoms with van der Waals surface area (Å²) in [6.07, 6.45) is 0. The van der Waals surface area contributed by atoms with Gasteiger partial charge < -0.3 is 24.5 Å². The number of hydrogen-bond donors (Lipinski definition) is 2. The lowest BCUT2D eigenvalue weighted by atomic mass is 10.0. The van der Waals surface area contributed by atoms with Gasteiger partial charge in [-0.3, -0.25) is 0 Å². The van der Waals surface area contributed by atoms with Gasteiger partial charge in [0.15, 0.2) is 0 Å². The number of fused-ring (bicyclic) bond motifs is 1. The summed E-state index contributed by atoms with van der Waals surface area (Å²) in [6.45, 7) is 3.28. The van der Waals surface area contributed by atoms with Gasteiger partial charge in [-0.05, 0) is 32.0 Å². The van der Waals surface area contributed by atoms with Gasteiger partial charge in [0, 0.05) is 15.5 Å². The van der Waals surface area contributed by atoms with Crippen LogP contribution in [0.2, 0.25) is 0 Å². The zero-order valence-corrected chi connectivity index (χ0v) is 17.7. The third kappa shape index (κ3) is 4.17. The van der Waals surface area contributed by atoms with E-state index in [1.165, 1.54) is 11.3 Å². The normalized spacial score (nSPS) is 16.1. The molecule has 2 N–H and O–H groups in total. The predicted molar refractivity (Wildman–Crippen MR) is 114 cm³/mol. The first kappa shape index (κ1) is 20.7. The highest BCUT2D eigenvalue weighted by Gasteiger charge is 2.36. The highest BCUT2D eigenvalue weighted by atomic mass is 32.1. The Balaban J connectivity index is 1.64. The lowest BCUT2D eigenvalue weighted by Crippen LogP contribution is -2.47. The molecule has 0 saturated heterocycles. The van der Waals surface area contributed by atoms with E-state index in [0.717, 1.165) is 10.1 Å². The van der Waals surface area contributed by atoms with Crippen molar-refractivity contribution in [3.05, 3.63) is 70.1 Å². The number of benzene rings is 1. The fourth-order valence-electron chi connectivity index (χ4n) is 3.35. The smallest absolute Gasteiger partial charge is 0.340 e. The maximum absolute atomic E-state index is 12.7. The summed E-state index contributed by atoms with van der Waals surface area (Å²) in [7, 11) is 0. The second-order valence-corrected chi connectivity index (χ2v) is 7.73. The zero-order valence-electron chi connectivity index (χ0n) is 16.9. The van der Waals surface area contributed by atoms with Crippen LogP contribution in [0, 0.1) is 6.92 Å². The van der Waals surface area contributed by atoms with E-state index in [4.69, 9.17) is 13.9 Å². The van der Waals surface area contributed by atoms with Gasteiger partial charge in [0.1, 0.15) is 24.2 Å². The number of nitrogens with one attached hydrogen (secondary N) is 2. The van der Waals surface area contributed by atoms with Crippen LogP contribution in [0.5, 0.6) is 0 Å². The number of carbonyl (C=O) groups excluding carboxylic acids is 3. The summed E-state index contributed by atoms with van der Waals surface area (Å²) in [6, 6.07) is 9.49. The van der Waals surface area contributed by atoms with E-state index in [0.29, 0.717) is 17.1 Å². The van der Waals surface area contributed by atoms with Crippen LogP contribution in [0.15, 0.2) is 57.5 Å². The molecule has 9 heteroatoms. The van der Waals surface area contributed by atoms with Crippen molar-refractivity contribution < 1.29 is 28.3 Å².